The summed E-state index contributed by atoms with van der Waals surface area (Å²) < 4.78 is 5.97. The number of pyridine rings is 1. The number of piperidine rings is 1. The molecule has 0 unspecified atom stereocenters. The van der Waals surface area contributed by atoms with Crippen molar-refractivity contribution in [2.75, 3.05) is 13.1 Å². The number of hydrogen-bond acceptors (Lipinski definition) is 3. The SMILES string of the molecule is O=C(CCCc1ccc(Cl)cc1)N1CCC[C@@H](OCc2ccccn2)C1. The zero-order chi connectivity index (χ0) is 18.2. The van der Waals surface area contributed by atoms with Crippen molar-refractivity contribution in [3.8, 4) is 0 Å². The molecule has 0 bridgehead atoms. The van der Waals surface area contributed by atoms with Crippen molar-refractivity contribution in [2.45, 2.75) is 44.8 Å². The molecule has 0 saturated carbocycles. The summed E-state index contributed by atoms with van der Waals surface area (Å²) in [4.78, 5) is 18.7. The molecule has 0 aliphatic carbocycles. The lowest BCUT2D eigenvalue weighted by Gasteiger charge is -2.32. The van der Waals surface area contributed by atoms with Crippen LogP contribution in [0.4, 0.5) is 0 Å². The molecule has 3 rings (SSSR count). The second-order valence-electron chi connectivity index (χ2n) is 6.72. The average molecular weight is 373 g/mol. The van der Waals surface area contributed by atoms with Crippen molar-refractivity contribution >= 4 is 17.5 Å². The minimum absolute atomic E-state index is 0.103. The van der Waals surface area contributed by atoms with Crippen molar-refractivity contribution in [3.05, 3.63) is 64.9 Å². The van der Waals surface area contributed by atoms with Crippen LogP contribution in [0.1, 0.15) is 36.9 Å². The van der Waals surface area contributed by atoms with E-state index in [9.17, 15) is 4.79 Å². The van der Waals surface area contributed by atoms with Crippen LogP contribution in [0.2, 0.25) is 5.02 Å². The van der Waals surface area contributed by atoms with E-state index >= 15 is 0 Å². The normalized spacial score (nSPS) is 17.3. The van der Waals surface area contributed by atoms with Gasteiger partial charge in [0.1, 0.15) is 0 Å². The summed E-state index contributed by atoms with van der Waals surface area (Å²) in [6.07, 6.45) is 6.21. The Morgan fingerprint density at radius 3 is 2.85 bits per heavy atom. The third-order valence-electron chi connectivity index (χ3n) is 4.69. The molecule has 2 aromatic rings. The predicted molar refractivity (Wildman–Crippen MR) is 103 cm³/mol. The third-order valence-corrected chi connectivity index (χ3v) is 4.95. The number of hydrogen-bond donors (Lipinski definition) is 0. The molecule has 5 heteroatoms. The molecular weight excluding hydrogens is 348 g/mol. The fraction of sp³-hybridized carbons (Fsp3) is 0.429. The molecule has 138 valence electrons. The minimum atomic E-state index is 0.103. The lowest BCUT2D eigenvalue weighted by atomic mass is 10.1. The maximum atomic E-state index is 12.5. The molecule has 0 radical (unpaired) electrons. The molecule has 1 aromatic heterocycles. The van der Waals surface area contributed by atoms with Gasteiger partial charge in [-0.05, 0) is 55.5 Å². The highest BCUT2D eigenvalue weighted by atomic mass is 35.5. The summed E-state index contributed by atoms with van der Waals surface area (Å²) in [5.74, 6) is 0.227. The van der Waals surface area contributed by atoms with E-state index in [2.05, 4.69) is 4.98 Å². The van der Waals surface area contributed by atoms with Crippen LogP contribution in [0, 0.1) is 0 Å². The number of carbonyl (C=O) groups is 1. The Hall–Kier alpha value is -1.91. The summed E-state index contributed by atoms with van der Waals surface area (Å²) in [6.45, 7) is 2.03. The summed E-state index contributed by atoms with van der Waals surface area (Å²) in [6, 6.07) is 13.7. The fourth-order valence-corrected chi connectivity index (χ4v) is 3.37. The first-order valence-corrected chi connectivity index (χ1v) is 9.62. The molecule has 1 saturated heterocycles. The molecule has 1 aliphatic rings. The Kier molecular flexibility index (Phi) is 7.04. The molecule has 2 heterocycles. The molecule has 1 aliphatic heterocycles. The second-order valence-corrected chi connectivity index (χ2v) is 7.15. The fourth-order valence-electron chi connectivity index (χ4n) is 3.24. The number of aryl methyl sites for hydroxylation is 1. The summed E-state index contributed by atoms with van der Waals surface area (Å²) >= 11 is 5.90. The van der Waals surface area contributed by atoms with Crippen LogP contribution in [-0.4, -0.2) is 35.0 Å². The van der Waals surface area contributed by atoms with Crippen molar-refractivity contribution in [1.29, 1.82) is 0 Å². The van der Waals surface area contributed by atoms with Gasteiger partial charge in [0.25, 0.3) is 0 Å². The zero-order valence-corrected chi connectivity index (χ0v) is 15.7. The van der Waals surface area contributed by atoms with Crippen LogP contribution in [0.15, 0.2) is 48.7 Å². The van der Waals surface area contributed by atoms with Gasteiger partial charge in [-0.3, -0.25) is 9.78 Å². The first kappa shape index (κ1) is 18.9. The maximum absolute atomic E-state index is 12.5. The van der Waals surface area contributed by atoms with E-state index in [1.807, 2.05) is 47.4 Å². The number of amides is 1. The molecular formula is C21H25ClN2O2. The smallest absolute Gasteiger partial charge is 0.222 e. The minimum Gasteiger partial charge on any atom is -0.370 e. The van der Waals surface area contributed by atoms with Gasteiger partial charge in [0, 0.05) is 30.7 Å². The molecule has 1 atom stereocenters. The van der Waals surface area contributed by atoms with Crippen molar-refractivity contribution in [3.63, 3.8) is 0 Å². The number of ether oxygens (including phenoxy) is 1. The van der Waals surface area contributed by atoms with Crippen molar-refractivity contribution in [1.82, 2.24) is 9.88 Å². The standard InChI is InChI=1S/C21H25ClN2O2/c22-18-11-9-17(10-12-18)5-3-8-21(25)24-14-4-7-20(15-24)26-16-19-6-1-2-13-23-19/h1-2,6,9-13,20H,3-5,7-8,14-16H2/t20-/m1/s1. The average Bonchev–Trinajstić information content (AvgIpc) is 2.69. The first-order valence-electron chi connectivity index (χ1n) is 9.24. The predicted octanol–water partition coefficient (Wildman–Crippen LogP) is 4.27. The highest BCUT2D eigenvalue weighted by Gasteiger charge is 2.23. The van der Waals surface area contributed by atoms with E-state index in [1.54, 1.807) is 6.20 Å². The number of benzene rings is 1. The lowest BCUT2D eigenvalue weighted by Crippen LogP contribution is -2.43. The van der Waals surface area contributed by atoms with E-state index in [1.165, 1.54) is 5.56 Å². The molecule has 26 heavy (non-hydrogen) atoms. The Morgan fingerprint density at radius 1 is 1.23 bits per heavy atom. The number of nitrogens with zero attached hydrogens (tertiary/aromatic N) is 2. The van der Waals surface area contributed by atoms with Gasteiger partial charge in [-0.1, -0.05) is 29.8 Å². The maximum Gasteiger partial charge on any atom is 0.222 e. The summed E-state index contributed by atoms with van der Waals surface area (Å²) in [5, 5.41) is 0.745. The van der Waals surface area contributed by atoms with Gasteiger partial charge in [-0.15, -0.1) is 0 Å². The van der Waals surface area contributed by atoms with Crippen LogP contribution < -0.4 is 0 Å². The Balaban J connectivity index is 1.40. The van der Waals surface area contributed by atoms with Gasteiger partial charge in [0.05, 0.1) is 18.4 Å². The Bertz CT molecular complexity index is 691. The Morgan fingerprint density at radius 2 is 2.08 bits per heavy atom. The highest BCUT2D eigenvalue weighted by Crippen LogP contribution is 2.17. The van der Waals surface area contributed by atoms with Gasteiger partial charge < -0.3 is 9.64 Å². The number of rotatable bonds is 7. The van der Waals surface area contributed by atoms with E-state index in [0.717, 1.165) is 42.9 Å². The van der Waals surface area contributed by atoms with Crippen LogP contribution in [-0.2, 0) is 22.6 Å². The van der Waals surface area contributed by atoms with Gasteiger partial charge in [-0.2, -0.15) is 0 Å². The second kappa shape index (κ2) is 9.70. The van der Waals surface area contributed by atoms with Gasteiger partial charge in [0.15, 0.2) is 0 Å². The molecule has 0 N–H and O–H groups in total. The first-order chi connectivity index (χ1) is 12.7. The monoisotopic (exact) mass is 372 g/mol. The number of aromatic nitrogens is 1. The van der Waals surface area contributed by atoms with Gasteiger partial charge >= 0.3 is 0 Å². The quantitative estimate of drug-likeness (QED) is 0.729. The topological polar surface area (TPSA) is 42.4 Å². The number of carbonyl (C=O) groups excluding carboxylic acids is 1. The van der Waals surface area contributed by atoms with E-state index in [-0.39, 0.29) is 12.0 Å². The van der Waals surface area contributed by atoms with Gasteiger partial charge in [0.2, 0.25) is 5.91 Å². The van der Waals surface area contributed by atoms with E-state index < -0.39 is 0 Å². The van der Waals surface area contributed by atoms with Crippen molar-refractivity contribution < 1.29 is 9.53 Å². The highest BCUT2D eigenvalue weighted by molar-refractivity contribution is 6.30. The van der Waals surface area contributed by atoms with E-state index in [4.69, 9.17) is 16.3 Å². The van der Waals surface area contributed by atoms with E-state index in [0.29, 0.717) is 19.6 Å². The molecule has 1 aromatic carbocycles. The summed E-state index contributed by atoms with van der Waals surface area (Å²) in [5.41, 5.74) is 2.15. The number of likely N-dealkylation sites (tertiary alicyclic amines) is 1. The number of halogens is 1. The molecule has 1 amide bonds. The zero-order valence-electron chi connectivity index (χ0n) is 14.9. The molecule has 1 fully saturated rings. The summed E-state index contributed by atoms with van der Waals surface area (Å²) in [7, 11) is 0. The lowest BCUT2D eigenvalue weighted by molar-refractivity contribution is -0.135. The molecule has 0 spiro atoms. The Labute approximate surface area is 160 Å². The third kappa shape index (κ3) is 5.82. The van der Waals surface area contributed by atoms with Crippen LogP contribution in [0.5, 0.6) is 0 Å². The molecule has 4 nitrogen and oxygen atoms in total. The van der Waals surface area contributed by atoms with Crippen LogP contribution in [0.3, 0.4) is 0 Å². The van der Waals surface area contributed by atoms with Gasteiger partial charge in [-0.25, -0.2) is 0 Å². The van der Waals surface area contributed by atoms with Crippen LogP contribution >= 0.6 is 11.6 Å². The van der Waals surface area contributed by atoms with Crippen molar-refractivity contribution in [2.24, 2.45) is 0 Å². The van der Waals surface area contributed by atoms with Crippen LogP contribution in [0.25, 0.3) is 0 Å². The largest absolute Gasteiger partial charge is 0.370 e.